The van der Waals surface area contributed by atoms with Crippen LogP contribution in [0.25, 0.3) is 0 Å². The van der Waals surface area contributed by atoms with Gasteiger partial charge in [0.25, 0.3) is 0 Å². The van der Waals surface area contributed by atoms with Crippen molar-refractivity contribution in [1.29, 1.82) is 0 Å². The molecule has 0 amide bonds. The Kier molecular flexibility index (Phi) is 6.17. The van der Waals surface area contributed by atoms with Crippen molar-refractivity contribution in [1.82, 2.24) is 4.31 Å². The smallest absolute Gasteiger partial charge is 0.246 e. The van der Waals surface area contributed by atoms with Crippen molar-refractivity contribution in [3.8, 4) is 11.5 Å². The van der Waals surface area contributed by atoms with E-state index in [1.54, 1.807) is 30.3 Å². The minimum atomic E-state index is -3.90. The normalized spacial score (nSPS) is 11.4. The highest BCUT2D eigenvalue weighted by Crippen LogP contribution is 2.27. The van der Waals surface area contributed by atoms with Crippen molar-refractivity contribution >= 4 is 10.0 Å². The van der Waals surface area contributed by atoms with Crippen LogP contribution in [0.2, 0.25) is 0 Å². The van der Waals surface area contributed by atoms with E-state index in [4.69, 9.17) is 9.47 Å². The third-order valence-corrected chi connectivity index (χ3v) is 5.33. The lowest BCUT2D eigenvalue weighted by Gasteiger charge is -2.19. The van der Waals surface area contributed by atoms with Crippen LogP contribution in [0.5, 0.6) is 11.5 Å². The maximum Gasteiger partial charge on any atom is 0.246 e. The molecule has 0 aliphatic heterocycles. The molecule has 5 nitrogen and oxygen atoms in total. The molecular formula is C18H20FNO4S. The van der Waals surface area contributed by atoms with E-state index < -0.39 is 15.8 Å². The predicted octanol–water partition coefficient (Wildman–Crippen LogP) is 3.22. The van der Waals surface area contributed by atoms with Gasteiger partial charge in [-0.15, -0.1) is 0 Å². The average molecular weight is 365 g/mol. The minimum Gasteiger partial charge on any atom is -0.495 e. The fourth-order valence-electron chi connectivity index (χ4n) is 2.21. The summed E-state index contributed by atoms with van der Waals surface area (Å²) in [5, 5.41) is 0. The Morgan fingerprint density at radius 3 is 2.48 bits per heavy atom. The van der Waals surface area contributed by atoms with Gasteiger partial charge in [0.15, 0.2) is 0 Å². The second kappa shape index (κ2) is 8.13. The Morgan fingerprint density at radius 2 is 1.88 bits per heavy atom. The lowest BCUT2D eigenvalue weighted by atomic mass is 10.2. The van der Waals surface area contributed by atoms with Crippen LogP contribution in [-0.2, 0) is 16.6 Å². The topological polar surface area (TPSA) is 55.8 Å². The molecule has 7 heteroatoms. The maximum absolute atomic E-state index is 13.5. The van der Waals surface area contributed by atoms with E-state index in [1.807, 2.05) is 0 Å². The molecule has 0 fully saturated rings. The van der Waals surface area contributed by atoms with Crippen LogP contribution in [0.1, 0.15) is 5.56 Å². The summed E-state index contributed by atoms with van der Waals surface area (Å²) in [6, 6.07) is 10.4. The SMILES string of the molecule is C=CCOc1ccc(CN(C)S(=O)(=O)c2cc(F)ccc2OC)cc1. The zero-order valence-corrected chi connectivity index (χ0v) is 14.9. The Morgan fingerprint density at radius 1 is 1.20 bits per heavy atom. The lowest BCUT2D eigenvalue weighted by molar-refractivity contribution is 0.363. The summed E-state index contributed by atoms with van der Waals surface area (Å²) in [6.07, 6.45) is 1.64. The van der Waals surface area contributed by atoms with Crippen LogP contribution in [-0.4, -0.2) is 33.5 Å². The first-order valence-electron chi connectivity index (χ1n) is 7.51. The highest BCUT2D eigenvalue weighted by molar-refractivity contribution is 7.89. The number of sulfonamides is 1. The molecule has 25 heavy (non-hydrogen) atoms. The van der Waals surface area contributed by atoms with Crippen LogP contribution in [0.4, 0.5) is 4.39 Å². The summed E-state index contributed by atoms with van der Waals surface area (Å²) in [4.78, 5) is -0.205. The van der Waals surface area contributed by atoms with E-state index >= 15 is 0 Å². The molecule has 0 heterocycles. The molecule has 0 N–H and O–H groups in total. The number of methoxy groups -OCH3 is 1. The lowest BCUT2D eigenvalue weighted by Crippen LogP contribution is -2.27. The van der Waals surface area contributed by atoms with Crippen molar-refractivity contribution in [2.45, 2.75) is 11.4 Å². The molecule has 0 aliphatic rings. The number of nitrogens with zero attached hydrogens (tertiary/aromatic N) is 1. The van der Waals surface area contributed by atoms with E-state index in [0.717, 1.165) is 22.0 Å². The molecular weight excluding hydrogens is 345 g/mol. The molecule has 2 rings (SSSR count). The molecule has 134 valence electrons. The van der Waals surface area contributed by atoms with E-state index in [0.29, 0.717) is 12.4 Å². The van der Waals surface area contributed by atoms with Gasteiger partial charge in [-0.3, -0.25) is 0 Å². The van der Waals surface area contributed by atoms with E-state index in [-0.39, 0.29) is 17.2 Å². The van der Waals surface area contributed by atoms with Crippen LogP contribution < -0.4 is 9.47 Å². The molecule has 0 radical (unpaired) electrons. The number of rotatable bonds is 8. The molecule has 0 saturated heterocycles. The van der Waals surface area contributed by atoms with Gasteiger partial charge in [-0.1, -0.05) is 24.8 Å². The summed E-state index contributed by atoms with van der Waals surface area (Å²) in [7, 11) is -1.13. The third-order valence-electron chi connectivity index (χ3n) is 3.51. The second-order valence-corrected chi connectivity index (χ2v) is 7.31. The zero-order valence-electron chi connectivity index (χ0n) is 14.1. The predicted molar refractivity (Wildman–Crippen MR) is 93.7 cm³/mol. The second-order valence-electron chi connectivity index (χ2n) is 5.30. The molecule has 0 unspecified atom stereocenters. The third kappa shape index (κ3) is 4.58. The molecule has 2 aromatic rings. The minimum absolute atomic E-state index is 0.0985. The van der Waals surface area contributed by atoms with Crippen LogP contribution in [0, 0.1) is 5.82 Å². The molecule has 0 bridgehead atoms. The monoisotopic (exact) mass is 365 g/mol. The Bertz CT molecular complexity index is 835. The molecule has 0 saturated carbocycles. The Hall–Kier alpha value is -2.38. The van der Waals surface area contributed by atoms with Gasteiger partial charge in [-0.2, -0.15) is 4.31 Å². The molecule has 0 aromatic heterocycles. The van der Waals surface area contributed by atoms with Gasteiger partial charge in [0.1, 0.15) is 28.8 Å². The first-order valence-corrected chi connectivity index (χ1v) is 8.95. The maximum atomic E-state index is 13.5. The van der Waals surface area contributed by atoms with Gasteiger partial charge in [0.05, 0.1) is 7.11 Å². The average Bonchev–Trinajstić information content (AvgIpc) is 2.61. The summed E-state index contributed by atoms with van der Waals surface area (Å²) < 4.78 is 50.5. The van der Waals surface area contributed by atoms with E-state index in [9.17, 15) is 12.8 Å². The standard InChI is InChI=1S/C18H20FNO4S/c1-4-11-24-16-8-5-14(6-9-16)13-20(2)25(21,22)18-12-15(19)7-10-17(18)23-3/h4-10,12H,1,11,13H2,2-3H3. The van der Waals surface area contributed by atoms with E-state index in [1.165, 1.54) is 20.2 Å². The van der Waals surface area contributed by atoms with Crippen molar-refractivity contribution in [3.05, 3.63) is 66.5 Å². The summed E-state index contributed by atoms with van der Waals surface area (Å²) in [6.45, 7) is 4.10. The number of hydrogen-bond acceptors (Lipinski definition) is 4. The summed E-state index contributed by atoms with van der Waals surface area (Å²) in [5.41, 5.74) is 0.771. The van der Waals surface area contributed by atoms with Crippen LogP contribution in [0.15, 0.2) is 60.0 Å². The summed E-state index contributed by atoms with van der Waals surface area (Å²) >= 11 is 0. The largest absolute Gasteiger partial charge is 0.495 e. The van der Waals surface area contributed by atoms with Gasteiger partial charge < -0.3 is 9.47 Å². The van der Waals surface area contributed by atoms with Gasteiger partial charge in [0.2, 0.25) is 10.0 Å². The highest BCUT2D eigenvalue weighted by atomic mass is 32.2. The van der Waals surface area contributed by atoms with Gasteiger partial charge in [-0.25, -0.2) is 12.8 Å². The van der Waals surface area contributed by atoms with Crippen molar-refractivity contribution in [3.63, 3.8) is 0 Å². The van der Waals surface area contributed by atoms with Crippen molar-refractivity contribution in [2.75, 3.05) is 20.8 Å². The first-order chi connectivity index (χ1) is 11.9. The van der Waals surface area contributed by atoms with Crippen molar-refractivity contribution in [2.24, 2.45) is 0 Å². The Labute approximate surface area is 147 Å². The quantitative estimate of drug-likeness (QED) is 0.674. The number of halogens is 1. The zero-order chi connectivity index (χ0) is 18.4. The van der Waals surface area contributed by atoms with Crippen LogP contribution in [0.3, 0.4) is 0 Å². The Balaban J connectivity index is 2.20. The van der Waals surface area contributed by atoms with Crippen molar-refractivity contribution < 1.29 is 22.3 Å². The number of hydrogen-bond donors (Lipinski definition) is 0. The fourth-order valence-corrected chi connectivity index (χ4v) is 3.53. The fraction of sp³-hybridized carbons (Fsp3) is 0.222. The van der Waals surface area contributed by atoms with E-state index in [2.05, 4.69) is 6.58 Å². The highest BCUT2D eigenvalue weighted by Gasteiger charge is 2.25. The number of ether oxygens (including phenoxy) is 2. The first kappa shape index (κ1) is 19.0. The van der Waals surface area contributed by atoms with Gasteiger partial charge in [0, 0.05) is 13.6 Å². The summed E-state index contributed by atoms with van der Waals surface area (Å²) in [5.74, 6) is 0.124. The molecule has 0 spiro atoms. The number of benzene rings is 2. The molecule has 0 atom stereocenters. The molecule has 2 aromatic carbocycles. The van der Waals surface area contributed by atoms with Crippen LogP contribution >= 0.6 is 0 Å². The van der Waals surface area contributed by atoms with Gasteiger partial charge >= 0.3 is 0 Å². The molecule has 0 aliphatic carbocycles. The van der Waals surface area contributed by atoms with Gasteiger partial charge in [-0.05, 0) is 35.9 Å².